The van der Waals surface area contributed by atoms with Crippen LogP contribution >= 0.6 is 27.7 Å². The summed E-state index contributed by atoms with van der Waals surface area (Å²) >= 11 is 5.38. The van der Waals surface area contributed by atoms with Gasteiger partial charge in [0.05, 0.1) is 6.61 Å². The fourth-order valence-electron chi connectivity index (χ4n) is 2.61. The largest absolute Gasteiger partial charge is 0.494 e. The van der Waals surface area contributed by atoms with Gasteiger partial charge in [-0.1, -0.05) is 34.1 Å². The molecule has 5 heteroatoms. The number of benzene rings is 2. The standard InChI is InChI=1S/C19H21BrN2OS/c1-2-23-17-9-8-15(20)12-14(17)13-24-18-7-4-3-6-16(18)19-21-10-5-11-22-19/h3-4,6-9,12H,2,5,10-11,13H2,1H3,(H,21,22). The first-order valence-electron chi connectivity index (χ1n) is 8.19. The zero-order chi connectivity index (χ0) is 16.8. The Hall–Kier alpha value is -1.46. The van der Waals surface area contributed by atoms with Gasteiger partial charge < -0.3 is 10.1 Å². The van der Waals surface area contributed by atoms with Crippen LogP contribution in [-0.2, 0) is 5.75 Å². The van der Waals surface area contributed by atoms with Gasteiger partial charge in [0, 0.05) is 39.3 Å². The Morgan fingerprint density at radius 1 is 1.25 bits per heavy atom. The molecule has 2 aromatic rings. The van der Waals surface area contributed by atoms with Gasteiger partial charge in [0.15, 0.2) is 0 Å². The molecule has 24 heavy (non-hydrogen) atoms. The maximum atomic E-state index is 5.76. The molecule has 0 unspecified atom stereocenters. The molecule has 0 aromatic heterocycles. The third kappa shape index (κ3) is 4.33. The second-order valence-corrected chi connectivity index (χ2v) is 7.41. The van der Waals surface area contributed by atoms with E-state index in [1.54, 1.807) is 0 Å². The molecule has 3 nitrogen and oxygen atoms in total. The lowest BCUT2D eigenvalue weighted by atomic mass is 10.2. The predicted molar refractivity (Wildman–Crippen MR) is 105 cm³/mol. The number of ether oxygens (including phenoxy) is 1. The number of thioether (sulfide) groups is 1. The Kier molecular flexibility index (Phi) is 6.21. The molecule has 3 rings (SSSR count). The molecule has 1 aliphatic rings. The van der Waals surface area contributed by atoms with Crippen LogP contribution in [0.15, 0.2) is 56.8 Å². The Labute approximate surface area is 156 Å². The van der Waals surface area contributed by atoms with Gasteiger partial charge in [-0.3, -0.25) is 4.99 Å². The van der Waals surface area contributed by atoms with E-state index in [4.69, 9.17) is 4.74 Å². The maximum absolute atomic E-state index is 5.76. The van der Waals surface area contributed by atoms with E-state index in [0.717, 1.165) is 41.3 Å². The molecule has 0 bridgehead atoms. The zero-order valence-electron chi connectivity index (χ0n) is 13.7. The molecule has 0 saturated carbocycles. The summed E-state index contributed by atoms with van der Waals surface area (Å²) in [4.78, 5) is 5.88. The SMILES string of the molecule is CCOc1ccc(Br)cc1CSc1ccccc1C1=NCCCN1. The van der Waals surface area contributed by atoms with Crippen LogP contribution in [0.3, 0.4) is 0 Å². The lowest BCUT2D eigenvalue weighted by molar-refractivity contribution is 0.337. The van der Waals surface area contributed by atoms with Crippen molar-refractivity contribution in [3.8, 4) is 5.75 Å². The molecule has 1 heterocycles. The second kappa shape index (κ2) is 8.58. The van der Waals surface area contributed by atoms with Crippen molar-refractivity contribution in [2.45, 2.75) is 24.0 Å². The Bertz CT molecular complexity index is 733. The van der Waals surface area contributed by atoms with Crippen molar-refractivity contribution in [2.75, 3.05) is 19.7 Å². The van der Waals surface area contributed by atoms with E-state index in [9.17, 15) is 0 Å². The number of nitrogens with zero attached hydrogens (tertiary/aromatic N) is 1. The number of hydrogen-bond donors (Lipinski definition) is 1. The van der Waals surface area contributed by atoms with Gasteiger partial charge in [-0.25, -0.2) is 0 Å². The number of rotatable bonds is 6. The van der Waals surface area contributed by atoms with E-state index in [1.807, 2.05) is 30.8 Å². The number of aliphatic imine (C=N–C) groups is 1. The van der Waals surface area contributed by atoms with Crippen molar-refractivity contribution in [3.63, 3.8) is 0 Å². The second-order valence-electron chi connectivity index (χ2n) is 5.48. The van der Waals surface area contributed by atoms with E-state index in [0.29, 0.717) is 6.61 Å². The van der Waals surface area contributed by atoms with Crippen LogP contribution in [-0.4, -0.2) is 25.5 Å². The van der Waals surface area contributed by atoms with Crippen LogP contribution in [0.4, 0.5) is 0 Å². The van der Waals surface area contributed by atoms with E-state index in [-0.39, 0.29) is 0 Å². The van der Waals surface area contributed by atoms with Gasteiger partial charge in [-0.05, 0) is 37.6 Å². The summed E-state index contributed by atoms with van der Waals surface area (Å²) in [5.74, 6) is 2.83. The third-order valence-electron chi connectivity index (χ3n) is 3.74. The fourth-order valence-corrected chi connectivity index (χ4v) is 4.05. The average molecular weight is 405 g/mol. The van der Waals surface area contributed by atoms with Crippen LogP contribution in [0, 0.1) is 0 Å². The minimum Gasteiger partial charge on any atom is -0.494 e. The molecule has 1 N–H and O–H groups in total. The van der Waals surface area contributed by atoms with Crippen molar-refractivity contribution in [3.05, 3.63) is 58.1 Å². The van der Waals surface area contributed by atoms with Crippen molar-refractivity contribution in [1.29, 1.82) is 0 Å². The minimum absolute atomic E-state index is 0.677. The topological polar surface area (TPSA) is 33.6 Å². The summed E-state index contributed by atoms with van der Waals surface area (Å²) in [6.07, 6.45) is 1.11. The molecule has 2 aromatic carbocycles. The van der Waals surface area contributed by atoms with Crippen LogP contribution in [0.2, 0.25) is 0 Å². The van der Waals surface area contributed by atoms with Gasteiger partial charge in [-0.15, -0.1) is 11.8 Å². The Morgan fingerprint density at radius 2 is 2.12 bits per heavy atom. The van der Waals surface area contributed by atoms with Crippen LogP contribution in [0.25, 0.3) is 0 Å². The molecule has 0 radical (unpaired) electrons. The van der Waals surface area contributed by atoms with Crippen LogP contribution in [0.5, 0.6) is 5.75 Å². The number of hydrogen-bond acceptors (Lipinski definition) is 4. The summed E-state index contributed by atoms with van der Waals surface area (Å²) in [7, 11) is 0. The quantitative estimate of drug-likeness (QED) is 0.696. The molecular weight excluding hydrogens is 384 g/mol. The molecule has 0 spiro atoms. The highest BCUT2D eigenvalue weighted by Gasteiger charge is 2.13. The zero-order valence-corrected chi connectivity index (χ0v) is 16.1. The molecule has 126 valence electrons. The smallest absolute Gasteiger partial charge is 0.129 e. The molecule has 0 amide bonds. The Balaban J connectivity index is 1.80. The van der Waals surface area contributed by atoms with Crippen LogP contribution < -0.4 is 10.1 Å². The van der Waals surface area contributed by atoms with E-state index >= 15 is 0 Å². The first-order valence-corrected chi connectivity index (χ1v) is 9.97. The molecule has 0 fully saturated rings. The Morgan fingerprint density at radius 3 is 2.92 bits per heavy atom. The van der Waals surface area contributed by atoms with Crippen molar-refractivity contribution in [2.24, 2.45) is 4.99 Å². The van der Waals surface area contributed by atoms with E-state index in [1.165, 1.54) is 16.0 Å². The summed E-state index contributed by atoms with van der Waals surface area (Å²) in [6.45, 7) is 4.59. The summed E-state index contributed by atoms with van der Waals surface area (Å²) < 4.78 is 6.83. The molecule has 0 saturated heterocycles. The normalized spacial score (nSPS) is 14.0. The predicted octanol–water partition coefficient (Wildman–Crippen LogP) is 4.88. The van der Waals surface area contributed by atoms with Gasteiger partial charge >= 0.3 is 0 Å². The monoisotopic (exact) mass is 404 g/mol. The highest BCUT2D eigenvalue weighted by molar-refractivity contribution is 9.10. The van der Waals surface area contributed by atoms with Gasteiger partial charge in [0.2, 0.25) is 0 Å². The summed E-state index contributed by atoms with van der Waals surface area (Å²) in [5, 5.41) is 3.42. The van der Waals surface area contributed by atoms with Gasteiger partial charge in [0.1, 0.15) is 11.6 Å². The van der Waals surface area contributed by atoms with Crippen molar-refractivity contribution in [1.82, 2.24) is 5.32 Å². The number of amidine groups is 1. The maximum Gasteiger partial charge on any atom is 0.129 e. The molecule has 0 atom stereocenters. The average Bonchev–Trinajstić information content (AvgIpc) is 2.63. The number of nitrogens with one attached hydrogen (secondary N) is 1. The number of halogens is 1. The van der Waals surface area contributed by atoms with Crippen molar-refractivity contribution >= 4 is 33.5 Å². The van der Waals surface area contributed by atoms with E-state index in [2.05, 4.69) is 56.6 Å². The molecule has 1 aliphatic heterocycles. The van der Waals surface area contributed by atoms with Crippen LogP contribution in [0.1, 0.15) is 24.5 Å². The highest BCUT2D eigenvalue weighted by Crippen LogP contribution is 2.32. The van der Waals surface area contributed by atoms with Gasteiger partial charge in [0.25, 0.3) is 0 Å². The first kappa shape index (κ1) is 17.4. The first-order chi connectivity index (χ1) is 11.8. The third-order valence-corrected chi connectivity index (χ3v) is 5.36. The van der Waals surface area contributed by atoms with Gasteiger partial charge in [-0.2, -0.15) is 0 Å². The lowest BCUT2D eigenvalue weighted by Crippen LogP contribution is -2.30. The van der Waals surface area contributed by atoms with E-state index < -0.39 is 0 Å². The highest BCUT2D eigenvalue weighted by atomic mass is 79.9. The van der Waals surface area contributed by atoms with Crippen molar-refractivity contribution < 1.29 is 4.74 Å². The fraction of sp³-hybridized carbons (Fsp3) is 0.316. The summed E-state index contributed by atoms with van der Waals surface area (Å²) in [5.41, 5.74) is 2.39. The minimum atomic E-state index is 0.677. The molecule has 0 aliphatic carbocycles. The summed E-state index contributed by atoms with van der Waals surface area (Å²) in [6, 6.07) is 14.6. The molecular formula is C19H21BrN2OS. The lowest BCUT2D eigenvalue weighted by Gasteiger charge is -2.17.